The molecule has 0 spiro atoms. The lowest BCUT2D eigenvalue weighted by Gasteiger charge is -2.29. The summed E-state index contributed by atoms with van der Waals surface area (Å²) in [5.74, 6) is 0.407. The van der Waals surface area contributed by atoms with Gasteiger partial charge in [-0.15, -0.1) is 0 Å². The van der Waals surface area contributed by atoms with Gasteiger partial charge in [-0.2, -0.15) is 0 Å². The molecule has 2 aromatic carbocycles. The van der Waals surface area contributed by atoms with Gasteiger partial charge in [-0.05, 0) is 42.7 Å². The van der Waals surface area contributed by atoms with Gasteiger partial charge in [-0.25, -0.2) is 0 Å². The van der Waals surface area contributed by atoms with E-state index in [4.69, 9.17) is 0 Å². The highest BCUT2D eigenvalue weighted by Gasteiger charge is 2.24. The number of hydrogen-bond acceptors (Lipinski definition) is 2. The Bertz CT molecular complexity index is 647. The molecule has 102 valence electrons. The molecule has 1 amide bonds. The van der Waals surface area contributed by atoms with Gasteiger partial charge in [0.25, 0.3) is 0 Å². The normalized spacial score (nSPS) is 14.2. The van der Waals surface area contributed by atoms with Crippen LogP contribution in [0.4, 0.5) is 5.69 Å². The smallest absolute Gasteiger partial charge is 0.227 e. The van der Waals surface area contributed by atoms with Crippen LogP contribution < -0.4 is 4.90 Å². The molecule has 0 aromatic heterocycles. The first-order valence-corrected chi connectivity index (χ1v) is 6.81. The number of carbonyl (C=O) groups excluding carboxylic acids is 1. The van der Waals surface area contributed by atoms with Gasteiger partial charge >= 0.3 is 0 Å². The van der Waals surface area contributed by atoms with E-state index in [1.165, 1.54) is 11.1 Å². The highest BCUT2D eigenvalue weighted by atomic mass is 16.3. The van der Waals surface area contributed by atoms with Crippen LogP contribution in [0.3, 0.4) is 0 Å². The first-order chi connectivity index (χ1) is 9.63. The average molecular weight is 267 g/mol. The molecule has 0 saturated carbocycles. The van der Waals surface area contributed by atoms with Crippen LogP contribution in [0.15, 0.2) is 42.5 Å². The molecule has 20 heavy (non-hydrogen) atoms. The number of phenols is 1. The van der Waals surface area contributed by atoms with Gasteiger partial charge in [0.2, 0.25) is 5.91 Å². The zero-order valence-corrected chi connectivity index (χ0v) is 11.5. The minimum Gasteiger partial charge on any atom is -0.508 e. The zero-order chi connectivity index (χ0) is 14.1. The lowest BCUT2D eigenvalue weighted by atomic mass is 9.98. The Hall–Kier alpha value is -2.29. The average Bonchev–Trinajstić information content (AvgIpc) is 2.44. The van der Waals surface area contributed by atoms with Crippen molar-refractivity contribution in [3.8, 4) is 5.75 Å². The number of benzene rings is 2. The molecule has 1 aliphatic heterocycles. The van der Waals surface area contributed by atoms with Crippen molar-refractivity contribution >= 4 is 11.6 Å². The van der Waals surface area contributed by atoms with E-state index in [0.29, 0.717) is 13.0 Å². The van der Waals surface area contributed by atoms with Crippen molar-refractivity contribution < 1.29 is 9.90 Å². The third kappa shape index (κ3) is 2.39. The summed E-state index contributed by atoms with van der Waals surface area (Å²) in [5.41, 5.74) is 4.50. The summed E-state index contributed by atoms with van der Waals surface area (Å²) in [4.78, 5) is 14.0. The van der Waals surface area contributed by atoms with E-state index in [-0.39, 0.29) is 11.7 Å². The number of aromatic hydroxyl groups is 1. The maximum absolute atomic E-state index is 12.2. The molecule has 2 aromatic rings. The SMILES string of the molecule is Cc1ccc2c(c1)CCC(=O)N2Cc1ccc(O)cc1. The van der Waals surface area contributed by atoms with E-state index in [9.17, 15) is 9.90 Å². The predicted molar refractivity (Wildman–Crippen MR) is 78.8 cm³/mol. The number of rotatable bonds is 2. The zero-order valence-electron chi connectivity index (χ0n) is 11.5. The molecule has 0 bridgehead atoms. The molecule has 1 aliphatic rings. The molecule has 0 aliphatic carbocycles. The first kappa shape index (κ1) is 12.7. The number of aryl methyl sites for hydroxylation is 2. The van der Waals surface area contributed by atoms with Crippen LogP contribution in [0.5, 0.6) is 5.75 Å². The second-order valence-electron chi connectivity index (χ2n) is 5.28. The number of anilines is 1. The molecular weight excluding hydrogens is 250 g/mol. The van der Waals surface area contributed by atoms with Crippen molar-refractivity contribution in [3.63, 3.8) is 0 Å². The summed E-state index contributed by atoms with van der Waals surface area (Å²) in [5, 5.41) is 9.32. The third-order valence-corrected chi connectivity index (χ3v) is 3.71. The van der Waals surface area contributed by atoms with Crippen LogP contribution in [0, 0.1) is 6.92 Å². The van der Waals surface area contributed by atoms with Crippen LogP contribution in [-0.4, -0.2) is 11.0 Å². The van der Waals surface area contributed by atoms with E-state index in [1.54, 1.807) is 12.1 Å². The molecule has 1 N–H and O–H groups in total. The van der Waals surface area contributed by atoms with E-state index >= 15 is 0 Å². The van der Waals surface area contributed by atoms with E-state index in [0.717, 1.165) is 17.7 Å². The molecular formula is C17H17NO2. The lowest BCUT2D eigenvalue weighted by Crippen LogP contribution is -2.34. The summed E-state index contributed by atoms with van der Waals surface area (Å²) < 4.78 is 0. The number of nitrogens with zero attached hydrogens (tertiary/aromatic N) is 1. The number of amides is 1. The van der Waals surface area contributed by atoms with Crippen molar-refractivity contribution in [1.82, 2.24) is 0 Å². The van der Waals surface area contributed by atoms with E-state index in [2.05, 4.69) is 13.0 Å². The fourth-order valence-corrected chi connectivity index (χ4v) is 2.65. The number of fused-ring (bicyclic) bond motifs is 1. The van der Waals surface area contributed by atoms with Gasteiger partial charge in [0.1, 0.15) is 5.75 Å². The highest BCUT2D eigenvalue weighted by molar-refractivity contribution is 5.96. The Labute approximate surface area is 118 Å². The van der Waals surface area contributed by atoms with Gasteiger partial charge in [-0.1, -0.05) is 29.8 Å². The molecule has 0 fully saturated rings. The summed E-state index contributed by atoms with van der Waals surface area (Å²) in [6.45, 7) is 2.62. The van der Waals surface area contributed by atoms with E-state index < -0.39 is 0 Å². The Kier molecular flexibility index (Phi) is 3.18. The van der Waals surface area contributed by atoms with Crippen molar-refractivity contribution in [2.24, 2.45) is 0 Å². The fourth-order valence-electron chi connectivity index (χ4n) is 2.65. The van der Waals surface area contributed by atoms with Crippen LogP contribution in [-0.2, 0) is 17.8 Å². The summed E-state index contributed by atoms with van der Waals surface area (Å²) in [6, 6.07) is 13.2. The number of phenolic OH excluding ortho intramolecular Hbond substituents is 1. The lowest BCUT2D eigenvalue weighted by molar-refractivity contribution is -0.119. The summed E-state index contributed by atoms with van der Waals surface area (Å²) in [7, 11) is 0. The number of hydrogen-bond donors (Lipinski definition) is 1. The molecule has 3 rings (SSSR count). The van der Waals surface area contributed by atoms with Crippen molar-refractivity contribution in [3.05, 3.63) is 59.2 Å². The minimum absolute atomic E-state index is 0.162. The Balaban J connectivity index is 1.93. The first-order valence-electron chi connectivity index (χ1n) is 6.81. The van der Waals surface area contributed by atoms with Crippen LogP contribution in [0.1, 0.15) is 23.1 Å². The summed E-state index contributed by atoms with van der Waals surface area (Å²) >= 11 is 0. The fraction of sp³-hybridized carbons (Fsp3) is 0.235. The van der Waals surface area contributed by atoms with Crippen LogP contribution >= 0.6 is 0 Å². The molecule has 3 nitrogen and oxygen atoms in total. The molecule has 0 saturated heterocycles. The van der Waals surface area contributed by atoms with Gasteiger partial charge in [0.05, 0.1) is 6.54 Å². The molecule has 0 radical (unpaired) electrons. The van der Waals surface area contributed by atoms with Crippen LogP contribution in [0.25, 0.3) is 0 Å². The quantitative estimate of drug-likeness (QED) is 0.907. The van der Waals surface area contributed by atoms with Crippen molar-refractivity contribution in [1.29, 1.82) is 0 Å². The highest BCUT2D eigenvalue weighted by Crippen LogP contribution is 2.30. The van der Waals surface area contributed by atoms with Crippen LogP contribution in [0.2, 0.25) is 0 Å². The second-order valence-corrected chi connectivity index (χ2v) is 5.28. The molecule has 3 heteroatoms. The number of carbonyl (C=O) groups is 1. The van der Waals surface area contributed by atoms with Gasteiger partial charge < -0.3 is 10.0 Å². The molecule has 0 atom stereocenters. The Morgan fingerprint density at radius 2 is 1.85 bits per heavy atom. The Morgan fingerprint density at radius 3 is 2.60 bits per heavy atom. The predicted octanol–water partition coefficient (Wildman–Crippen LogP) is 3.18. The monoisotopic (exact) mass is 267 g/mol. The van der Waals surface area contributed by atoms with Gasteiger partial charge in [0, 0.05) is 12.1 Å². The topological polar surface area (TPSA) is 40.5 Å². The maximum Gasteiger partial charge on any atom is 0.227 e. The molecule has 1 heterocycles. The minimum atomic E-state index is 0.162. The molecule has 0 unspecified atom stereocenters. The van der Waals surface area contributed by atoms with Crippen molar-refractivity contribution in [2.45, 2.75) is 26.3 Å². The largest absolute Gasteiger partial charge is 0.508 e. The maximum atomic E-state index is 12.2. The standard InChI is InChI=1S/C17H17NO2/c1-12-2-8-16-14(10-12)5-9-17(20)18(16)11-13-3-6-15(19)7-4-13/h2-4,6-8,10,19H,5,9,11H2,1H3. The van der Waals surface area contributed by atoms with Gasteiger partial charge in [-0.3, -0.25) is 4.79 Å². The summed E-state index contributed by atoms with van der Waals surface area (Å²) in [6.07, 6.45) is 1.39. The Morgan fingerprint density at radius 1 is 1.10 bits per heavy atom. The second kappa shape index (κ2) is 5.00. The van der Waals surface area contributed by atoms with Gasteiger partial charge in [0.15, 0.2) is 0 Å². The van der Waals surface area contributed by atoms with Crippen molar-refractivity contribution in [2.75, 3.05) is 4.90 Å². The van der Waals surface area contributed by atoms with E-state index in [1.807, 2.05) is 29.2 Å². The third-order valence-electron chi connectivity index (χ3n) is 3.71.